The van der Waals surface area contributed by atoms with Gasteiger partial charge in [0.2, 0.25) is 0 Å². The maximum Gasteiger partial charge on any atom is 0.263 e. The normalized spacial score (nSPS) is 14.3. The van der Waals surface area contributed by atoms with Crippen LogP contribution in [0.1, 0.15) is 10.4 Å². The first-order valence-corrected chi connectivity index (χ1v) is 8.44. The smallest absolute Gasteiger partial charge is 0.263 e. The fraction of sp³-hybridized carbons (Fsp3) is 0.294. The standard InChI is InChI=1S/C17H19N7O3/c1-26-12-2-4-19-10-11(12)20-17(25)14-15(18)22-24-5-3-13(21-16(14)24)23-6-8-27-9-7-23/h2-5,10H,6-9H2,1H3,(H2,18,22)(H,20,25). The second-order valence-electron chi connectivity index (χ2n) is 5.94. The zero-order chi connectivity index (χ0) is 18.8. The Labute approximate surface area is 154 Å². The van der Waals surface area contributed by atoms with Crippen molar-refractivity contribution in [2.45, 2.75) is 0 Å². The van der Waals surface area contributed by atoms with E-state index in [1.807, 2.05) is 6.07 Å². The van der Waals surface area contributed by atoms with Crippen LogP contribution in [0.25, 0.3) is 5.65 Å². The van der Waals surface area contributed by atoms with Gasteiger partial charge >= 0.3 is 0 Å². The van der Waals surface area contributed by atoms with E-state index in [0.717, 1.165) is 18.9 Å². The number of morpholine rings is 1. The molecule has 0 aromatic carbocycles. The molecule has 0 atom stereocenters. The number of nitrogens with one attached hydrogen (secondary N) is 1. The van der Waals surface area contributed by atoms with Crippen molar-refractivity contribution in [3.05, 3.63) is 36.3 Å². The number of carbonyl (C=O) groups excluding carboxylic acids is 1. The number of anilines is 3. The van der Waals surface area contributed by atoms with E-state index in [1.54, 1.807) is 18.5 Å². The second-order valence-corrected chi connectivity index (χ2v) is 5.94. The minimum Gasteiger partial charge on any atom is -0.494 e. The molecule has 1 fully saturated rings. The summed E-state index contributed by atoms with van der Waals surface area (Å²) in [5.41, 5.74) is 7.02. The average Bonchev–Trinajstić information content (AvgIpc) is 3.04. The van der Waals surface area contributed by atoms with Crippen molar-refractivity contribution in [1.29, 1.82) is 0 Å². The van der Waals surface area contributed by atoms with Gasteiger partial charge in [-0.15, -0.1) is 5.10 Å². The van der Waals surface area contributed by atoms with E-state index in [4.69, 9.17) is 15.2 Å². The van der Waals surface area contributed by atoms with Gasteiger partial charge < -0.3 is 25.4 Å². The van der Waals surface area contributed by atoms with Crippen LogP contribution in [0.3, 0.4) is 0 Å². The van der Waals surface area contributed by atoms with Crippen LogP contribution < -0.4 is 20.7 Å². The quantitative estimate of drug-likeness (QED) is 0.693. The zero-order valence-electron chi connectivity index (χ0n) is 14.8. The third kappa shape index (κ3) is 3.22. The number of carbonyl (C=O) groups is 1. The topological polar surface area (TPSA) is 120 Å². The molecule has 0 unspecified atom stereocenters. The van der Waals surface area contributed by atoms with Gasteiger partial charge in [0, 0.05) is 31.5 Å². The minimum absolute atomic E-state index is 0.0991. The fourth-order valence-corrected chi connectivity index (χ4v) is 2.96. The molecular weight excluding hydrogens is 350 g/mol. The number of hydrogen-bond donors (Lipinski definition) is 2. The van der Waals surface area contributed by atoms with Gasteiger partial charge in [-0.05, 0) is 6.07 Å². The number of nitrogens with two attached hydrogens (primary N) is 1. The molecule has 140 valence electrons. The predicted octanol–water partition coefficient (Wildman–Crippen LogP) is 0.804. The molecule has 4 rings (SSSR count). The first-order chi connectivity index (χ1) is 13.2. The van der Waals surface area contributed by atoms with Crippen LogP contribution in [-0.4, -0.2) is 58.9 Å². The van der Waals surface area contributed by atoms with Crippen LogP contribution >= 0.6 is 0 Å². The molecule has 0 saturated carbocycles. The SMILES string of the molecule is COc1ccncc1NC(=O)c1c(N)nn2ccc(N3CCOCC3)nc12. The monoisotopic (exact) mass is 369 g/mol. The largest absolute Gasteiger partial charge is 0.494 e. The third-order valence-corrected chi connectivity index (χ3v) is 4.31. The molecule has 4 heterocycles. The first-order valence-electron chi connectivity index (χ1n) is 8.44. The number of methoxy groups -OCH3 is 1. The molecule has 1 aliphatic rings. The number of nitrogen functional groups attached to an aromatic ring is 1. The van der Waals surface area contributed by atoms with Crippen molar-refractivity contribution in [3.8, 4) is 5.75 Å². The molecular formula is C17H19N7O3. The summed E-state index contributed by atoms with van der Waals surface area (Å²) in [5, 5.41) is 6.95. The summed E-state index contributed by atoms with van der Waals surface area (Å²) in [6.07, 6.45) is 4.82. The summed E-state index contributed by atoms with van der Waals surface area (Å²) >= 11 is 0. The number of ether oxygens (including phenoxy) is 2. The van der Waals surface area contributed by atoms with Gasteiger partial charge in [0.15, 0.2) is 11.5 Å². The highest BCUT2D eigenvalue weighted by Gasteiger charge is 2.22. The maximum atomic E-state index is 12.9. The van der Waals surface area contributed by atoms with E-state index in [0.29, 0.717) is 30.3 Å². The summed E-state index contributed by atoms with van der Waals surface area (Å²) in [4.78, 5) is 23.6. The van der Waals surface area contributed by atoms with Crippen molar-refractivity contribution in [2.75, 3.05) is 49.4 Å². The van der Waals surface area contributed by atoms with Crippen molar-refractivity contribution in [3.63, 3.8) is 0 Å². The Morgan fingerprint density at radius 3 is 2.93 bits per heavy atom. The van der Waals surface area contributed by atoms with Crippen molar-refractivity contribution < 1.29 is 14.3 Å². The molecule has 0 spiro atoms. The highest BCUT2D eigenvalue weighted by molar-refractivity contribution is 6.12. The molecule has 1 amide bonds. The molecule has 0 radical (unpaired) electrons. The molecule has 10 heteroatoms. The first kappa shape index (κ1) is 17.0. The van der Waals surface area contributed by atoms with Crippen LogP contribution in [0.4, 0.5) is 17.3 Å². The van der Waals surface area contributed by atoms with E-state index >= 15 is 0 Å². The lowest BCUT2D eigenvalue weighted by Gasteiger charge is -2.27. The van der Waals surface area contributed by atoms with Gasteiger partial charge in [0.1, 0.15) is 22.8 Å². The molecule has 0 bridgehead atoms. The Kier molecular flexibility index (Phi) is 4.47. The zero-order valence-corrected chi connectivity index (χ0v) is 14.8. The number of aromatic nitrogens is 4. The van der Waals surface area contributed by atoms with Crippen LogP contribution in [0, 0.1) is 0 Å². The van der Waals surface area contributed by atoms with Crippen LogP contribution in [0.2, 0.25) is 0 Å². The Balaban J connectivity index is 1.69. The van der Waals surface area contributed by atoms with Gasteiger partial charge in [-0.1, -0.05) is 0 Å². The fourth-order valence-electron chi connectivity index (χ4n) is 2.96. The van der Waals surface area contributed by atoms with E-state index in [2.05, 4.69) is 25.3 Å². The Morgan fingerprint density at radius 1 is 1.33 bits per heavy atom. The van der Waals surface area contributed by atoms with Crippen LogP contribution in [-0.2, 0) is 4.74 Å². The number of fused-ring (bicyclic) bond motifs is 1. The van der Waals surface area contributed by atoms with Crippen molar-refractivity contribution in [2.24, 2.45) is 0 Å². The maximum absolute atomic E-state index is 12.9. The Bertz CT molecular complexity index is 982. The Morgan fingerprint density at radius 2 is 2.15 bits per heavy atom. The van der Waals surface area contributed by atoms with Gasteiger partial charge in [-0.2, -0.15) is 0 Å². The molecule has 1 saturated heterocycles. The number of rotatable bonds is 4. The van der Waals surface area contributed by atoms with E-state index < -0.39 is 5.91 Å². The van der Waals surface area contributed by atoms with Crippen LogP contribution in [0.5, 0.6) is 5.75 Å². The summed E-state index contributed by atoms with van der Waals surface area (Å²) in [6, 6.07) is 3.50. The molecule has 0 aliphatic carbocycles. The molecule has 3 aromatic heterocycles. The van der Waals surface area contributed by atoms with Crippen molar-refractivity contribution >= 4 is 28.9 Å². The van der Waals surface area contributed by atoms with Crippen molar-refractivity contribution in [1.82, 2.24) is 19.6 Å². The lowest BCUT2D eigenvalue weighted by Crippen LogP contribution is -2.36. The van der Waals surface area contributed by atoms with E-state index in [-0.39, 0.29) is 11.4 Å². The van der Waals surface area contributed by atoms with E-state index in [1.165, 1.54) is 17.8 Å². The molecule has 3 N–H and O–H groups in total. The number of nitrogens with zero attached hydrogens (tertiary/aromatic N) is 5. The predicted molar refractivity (Wildman–Crippen MR) is 99.2 cm³/mol. The summed E-state index contributed by atoms with van der Waals surface area (Å²) < 4.78 is 12.1. The number of pyridine rings is 1. The number of amides is 1. The molecule has 27 heavy (non-hydrogen) atoms. The molecule has 3 aromatic rings. The summed E-state index contributed by atoms with van der Waals surface area (Å²) in [6.45, 7) is 2.76. The Hall–Kier alpha value is -3.40. The minimum atomic E-state index is -0.430. The van der Waals surface area contributed by atoms with Gasteiger partial charge in [0.05, 0.1) is 26.5 Å². The average molecular weight is 369 g/mol. The molecule has 1 aliphatic heterocycles. The lowest BCUT2D eigenvalue weighted by atomic mass is 10.2. The van der Waals surface area contributed by atoms with Crippen LogP contribution in [0.15, 0.2) is 30.7 Å². The van der Waals surface area contributed by atoms with Gasteiger partial charge in [0.25, 0.3) is 5.91 Å². The second kappa shape index (κ2) is 7.08. The number of hydrogen-bond acceptors (Lipinski definition) is 8. The lowest BCUT2D eigenvalue weighted by molar-refractivity contribution is 0.102. The summed E-state index contributed by atoms with van der Waals surface area (Å²) in [7, 11) is 1.52. The third-order valence-electron chi connectivity index (χ3n) is 4.31. The summed E-state index contributed by atoms with van der Waals surface area (Å²) in [5.74, 6) is 0.913. The highest BCUT2D eigenvalue weighted by atomic mass is 16.5. The van der Waals surface area contributed by atoms with E-state index in [9.17, 15) is 4.79 Å². The van der Waals surface area contributed by atoms with Gasteiger partial charge in [-0.3, -0.25) is 9.78 Å². The molecule has 10 nitrogen and oxygen atoms in total. The van der Waals surface area contributed by atoms with Gasteiger partial charge in [-0.25, -0.2) is 9.50 Å². The highest BCUT2D eigenvalue weighted by Crippen LogP contribution is 2.25.